The molecule has 5 heteroatoms. The molecule has 1 aromatic carbocycles. The summed E-state index contributed by atoms with van der Waals surface area (Å²) in [6.07, 6.45) is 0. The minimum atomic E-state index is -0.0134. The lowest BCUT2D eigenvalue weighted by Gasteiger charge is -2.10. The molecule has 17 heavy (non-hydrogen) atoms. The van der Waals surface area contributed by atoms with Crippen molar-refractivity contribution in [3.8, 4) is 0 Å². The van der Waals surface area contributed by atoms with Crippen molar-refractivity contribution in [1.29, 1.82) is 0 Å². The number of carbonyl (C=O) groups excluding carboxylic acids is 1. The molecule has 0 saturated carbocycles. The molecule has 1 rings (SSSR count). The van der Waals surface area contributed by atoms with Crippen LogP contribution in [0.3, 0.4) is 0 Å². The molecule has 0 aliphatic heterocycles. The van der Waals surface area contributed by atoms with Gasteiger partial charge in [-0.05, 0) is 40.0 Å². The Balaban J connectivity index is 2.42. The van der Waals surface area contributed by atoms with Crippen LogP contribution >= 0.6 is 27.5 Å². The predicted molar refractivity (Wildman–Crippen MR) is 75.5 cm³/mol. The van der Waals surface area contributed by atoms with E-state index in [-0.39, 0.29) is 12.5 Å². The van der Waals surface area contributed by atoms with Crippen molar-refractivity contribution in [2.75, 3.05) is 18.4 Å². The fourth-order valence-electron chi connectivity index (χ4n) is 1.19. The molecular weight excluding hydrogens is 304 g/mol. The zero-order valence-corrected chi connectivity index (χ0v) is 12.2. The molecule has 0 spiro atoms. The molecule has 0 aromatic heterocycles. The van der Waals surface area contributed by atoms with Crippen LogP contribution in [0.15, 0.2) is 22.7 Å². The first kappa shape index (κ1) is 14.3. The maximum atomic E-state index is 11.5. The van der Waals surface area contributed by atoms with Crippen molar-refractivity contribution in [3.63, 3.8) is 0 Å². The Hall–Kier alpha value is -0.740. The van der Waals surface area contributed by atoms with Gasteiger partial charge < -0.3 is 10.6 Å². The third-order valence-corrected chi connectivity index (χ3v) is 2.97. The van der Waals surface area contributed by atoms with Crippen LogP contribution in [0.2, 0.25) is 5.02 Å². The Bertz CT molecular complexity index is 396. The van der Waals surface area contributed by atoms with Crippen LogP contribution in [0.25, 0.3) is 0 Å². The Morgan fingerprint density at radius 2 is 2.18 bits per heavy atom. The fraction of sp³-hybridized carbons (Fsp3) is 0.417. The maximum absolute atomic E-state index is 11.5. The number of amides is 1. The van der Waals surface area contributed by atoms with E-state index in [4.69, 9.17) is 11.6 Å². The third kappa shape index (κ3) is 5.41. The molecule has 0 aliphatic carbocycles. The summed E-state index contributed by atoms with van der Waals surface area (Å²) in [7, 11) is 0. The third-order valence-electron chi connectivity index (χ3n) is 2.08. The lowest BCUT2D eigenvalue weighted by Crippen LogP contribution is -2.32. The fourth-order valence-corrected chi connectivity index (χ4v) is 2.01. The summed E-state index contributed by atoms with van der Waals surface area (Å²) in [5.74, 6) is 0.446. The van der Waals surface area contributed by atoms with Crippen molar-refractivity contribution < 1.29 is 4.79 Å². The molecule has 2 N–H and O–H groups in total. The summed E-state index contributed by atoms with van der Waals surface area (Å²) in [5.41, 5.74) is 0.856. The van der Waals surface area contributed by atoms with Crippen molar-refractivity contribution in [2.24, 2.45) is 5.92 Å². The van der Waals surface area contributed by atoms with E-state index >= 15 is 0 Å². The van der Waals surface area contributed by atoms with Crippen molar-refractivity contribution >= 4 is 39.1 Å². The second kappa shape index (κ2) is 6.87. The van der Waals surface area contributed by atoms with E-state index < -0.39 is 0 Å². The minimum absolute atomic E-state index is 0.0134. The summed E-state index contributed by atoms with van der Waals surface area (Å²) in [6.45, 7) is 5.07. The zero-order valence-electron chi connectivity index (χ0n) is 9.89. The monoisotopic (exact) mass is 318 g/mol. The maximum Gasteiger partial charge on any atom is 0.239 e. The second-order valence-corrected chi connectivity index (χ2v) is 5.47. The zero-order chi connectivity index (χ0) is 12.8. The van der Waals surface area contributed by atoms with Crippen molar-refractivity contribution in [1.82, 2.24) is 5.32 Å². The van der Waals surface area contributed by atoms with Crippen LogP contribution in [0.1, 0.15) is 13.8 Å². The van der Waals surface area contributed by atoms with Gasteiger partial charge in [0.05, 0.1) is 6.54 Å². The van der Waals surface area contributed by atoms with Crippen LogP contribution in [-0.2, 0) is 4.79 Å². The predicted octanol–water partition coefficient (Wildman–Crippen LogP) is 3.29. The Morgan fingerprint density at radius 3 is 2.76 bits per heavy atom. The molecule has 0 heterocycles. The van der Waals surface area contributed by atoms with Crippen LogP contribution in [0, 0.1) is 5.92 Å². The topological polar surface area (TPSA) is 41.1 Å². The summed E-state index contributed by atoms with van der Waals surface area (Å²) in [4.78, 5) is 11.5. The van der Waals surface area contributed by atoms with Gasteiger partial charge in [-0.25, -0.2) is 0 Å². The lowest BCUT2D eigenvalue weighted by atomic mass is 10.2. The highest BCUT2D eigenvalue weighted by atomic mass is 79.9. The van der Waals surface area contributed by atoms with Gasteiger partial charge in [-0.1, -0.05) is 25.4 Å². The number of rotatable bonds is 5. The number of halogens is 2. The number of nitrogens with one attached hydrogen (secondary N) is 2. The summed E-state index contributed by atoms with van der Waals surface area (Å²) < 4.78 is 0.849. The summed E-state index contributed by atoms with van der Waals surface area (Å²) in [6, 6.07) is 5.40. The standard InChI is InChI=1S/C12H16BrClN2O/c1-8(2)6-16-12(17)7-15-11-4-3-9(14)5-10(11)13/h3-5,8,15H,6-7H2,1-2H3,(H,16,17). The molecule has 0 aliphatic rings. The smallest absolute Gasteiger partial charge is 0.239 e. The van der Waals surface area contributed by atoms with Gasteiger partial charge in [-0.3, -0.25) is 4.79 Å². The van der Waals surface area contributed by atoms with Gasteiger partial charge in [0.1, 0.15) is 0 Å². The van der Waals surface area contributed by atoms with E-state index in [1.807, 2.05) is 6.07 Å². The normalized spacial score (nSPS) is 10.4. The Morgan fingerprint density at radius 1 is 1.47 bits per heavy atom. The first-order valence-electron chi connectivity index (χ1n) is 5.44. The van der Waals surface area contributed by atoms with E-state index in [0.717, 1.165) is 10.2 Å². The van der Waals surface area contributed by atoms with Gasteiger partial charge in [0.25, 0.3) is 0 Å². The van der Waals surface area contributed by atoms with Gasteiger partial charge >= 0.3 is 0 Å². The van der Waals surface area contributed by atoms with E-state index in [9.17, 15) is 4.79 Å². The number of anilines is 1. The average molecular weight is 320 g/mol. The molecule has 94 valence electrons. The quantitative estimate of drug-likeness (QED) is 0.874. The summed E-state index contributed by atoms with van der Waals surface area (Å²) in [5, 5.41) is 6.55. The van der Waals surface area contributed by atoms with Gasteiger partial charge in [0.15, 0.2) is 0 Å². The molecule has 0 unspecified atom stereocenters. The van der Waals surface area contributed by atoms with Crippen LogP contribution in [0.5, 0.6) is 0 Å². The molecule has 0 fully saturated rings. The molecule has 1 aromatic rings. The van der Waals surface area contributed by atoms with Gasteiger partial charge in [-0.2, -0.15) is 0 Å². The van der Waals surface area contributed by atoms with Crippen molar-refractivity contribution in [3.05, 3.63) is 27.7 Å². The number of hydrogen-bond donors (Lipinski definition) is 2. The number of benzene rings is 1. The van der Waals surface area contributed by atoms with Gasteiger partial charge in [-0.15, -0.1) is 0 Å². The number of carbonyl (C=O) groups is 1. The average Bonchev–Trinajstić information content (AvgIpc) is 2.25. The molecule has 0 bridgehead atoms. The van der Waals surface area contributed by atoms with Crippen LogP contribution in [-0.4, -0.2) is 19.0 Å². The largest absolute Gasteiger partial charge is 0.375 e. The highest BCUT2D eigenvalue weighted by Crippen LogP contribution is 2.25. The molecule has 0 saturated heterocycles. The van der Waals surface area contributed by atoms with Gasteiger partial charge in [0, 0.05) is 21.7 Å². The molecule has 0 radical (unpaired) electrons. The highest BCUT2D eigenvalue weighted by Gasteiger charge is 2.04. The van der Waals surface area contributed by atoms with Gasteiger partial charge in [0.2, 0.25) is 5.91 Å². The van der Waals surface area contributed by atoms with Crippen molar-refractivity contribution in [2.45, 2.75) is 13.8 Å². The van der Waals surface area contributed by atoms with E-state index in [0.29, 0.717) is 17.5 Å². The summed E-state index contributed by atoms with van der Waals surface area (Å²) >= 11 is 9.21. The Kier molecular flexibility index (Phi) is 5.78. The second-order valence-electron chi connectivity index (χ2n) is 4.18. The van der Waals surface area contributed by atoms with Crippen LogP contribution < -0.4 is 10.6 Å². The Labute approximate surface area is 115 Å². The number of hydrogen-bond acceptors (Lipinski definition) is 2. The minimum Gasteiger partial charge on any atom is -0.375 e. The molecular formula is C12H16BrClN2O. The SMILES string of the molecule is CC(C)CNC(=O)CNc1ccc(Cl)cc1Br. The molecule has 1 amide bonds. The molecule has 3 nitrogen and oxygen atoms in total. The lowest BCUT2D eigenvalue weighted by molar-refractivity contribution is -0.119. The van der Waals surface area contributed by atoms with E-state index in [1.54, 1.807) is 12.1 Å². The molecule has 0 atom stereocenters. The highest BCUT2D eigenvalue weighted by molar-refractivity contribution is 9.10. The van der Waals surface area contributed by atoms with Crippen LogP contribution in [0.4, 0.5) is 5.69 Å². The van der Waals surface area contributed by atoms with E-state index in [1.165, 1.54) is 0 Å². The van der Waals surface area contributed by atoms with E-state index in [2.05, 4.69) is 40.4 Å². The first-order valence-corrected chi connectivity index (χ1v) is 6.61. The first-order chi connectivity index (χ1) is 7.99.